The van der Waals surface area contributed by atoms with Gasteiger partial charge in [-0.3, -0.25) is 4.90 Å². The molecule has 1 unspecified atom stereocenters. The van der Waals surface area contributed by atoms with Crippen LogP contribution in [0.2, 0.25) is 0 Å². The maximum absolute atomic E-state index is 10.4. The highest BCUT2D eigenvalue weighted by atomic mass is 16.5. The summed E-state index contributed by atoms with van der Waals surface area (Å²) in [6.07, 6.45) is 0.579. The zero-order chi connectivity index (χ0) is 17.1. The minimum atomic E-state index is -0.477. The molecule has 3 nitrogen and oxygen atoms in total. The Bertz CT molecular complexity index is 688. The van der Waals surface area contributed by atoms with Crippen LogP contribution in [0.1, 0.15) is 27.8 Å². The summed E-state index contributed by atoms with van der Waals surface area (Å²) in [5, 5.41) is 10.4. The van der Waals surface area contributed by atoms with E-state index in [-0.39, 0.29) is 0 Å². The Hall–Kier alpha value is -1.84. The van der Waals surface area contributed by atoms with Gasteiger partial charge in [0.2, 0.25) is 0 Å². The normalized spacial score (nSPS) is 15.8. The van der Waals surface area contributed by atoms with Crippen LogP contribution in [0, 0.1) is 20.8 Å². The molecule has 0 aromatic heterocycles. The van der Waals surface area contributed by atoms with Gasteiger partial charge in [-0.1, -0.05) is 42.0 Å². The molecular weight excluding hydrogens is 298 g/mol. The SMILES string of the molecule is Cc1cc(C)c(OCC(O)CN2CCc3ccccc3C2)c(C)c1. The molecule has 3 heteroatoms. The Labute approximate surface area is 144 Å². The van der Waals surface area contributed by atoms with Gasteiger partial charge in [0.05, 0.1) is 0 Å². The lowest BCUT2D eigenvalue weighted by molar-refractivity contribution is 0.0633. The molecule has 0 fully saturated rings. The van der Waals surface area contributed by atoms with E-state index in [1.165, 1.54) is 16.7 Å². The lowest BCUT2D eigenvalue weighted by Crippen LogP contribution is -2.38. The van der Waals surface area contributed by atoms with E-state index in [1.54, 1.807) is 0 Å². The zero-order valence-electron chi connectivity index (χ0n) is 14.9. The number of aliphatic hydroxyl groups excluding tert-OH is 1. The molecule has 1 atom stereocenters. The number of aryl methyl sites for hydroxylation is 3. The van der Waals surface area contributed by atoms with Gasteiger partial charge < -0.3 is 9.84 Å². The topological polar surface area (TPSA) is 32.7 Å². The number of benzene rings is 2. The van der Waals surface area contributed by atoms with E-state index in [9.17, 15) is 5.11 Å². The molecule has 1 aliphatic rings. The maximum atomic E-state index is 10.4. The minimum absolute atomic E-state index is 0.336. The van der Waals surface area contributed by atoms with Crippen molar-refractivity contribution in [2.24, 2.45) is 0 Å². The third kappa shape index (κ3) is 3.97. The van der Waals surface area contributed by atoms with Gasteiger partial charge in [-0.25, -0.2) is 0 Å². The molecular formula is C21H27NO2. The summed E-state index contributed by atoms with van der Waals surface area (Å²) in [5.41, 5.74) is 6.32. The summed E-state index contributed by atoms with van der Waals surface area (Å²) in [6, 6.07) is 12.8. The van der Waals surface area contributed by atoms with Crippen LogP contribution in [-0.2, 0) is 13.0 Å². The van der Waals surface area contributed by atoms with Gasteiger partial charge in [-0.2, -0.15) is 0 Å². The largest absolute Gasteiger partial charge is 0.490 e. The summed E-state index contributed by atoms with van der Waals surface area (Å²) in [6.45, 7) is 9.10. The Kier molecular flexibility index (Phi) is 5.22. The maximum Gasteiger partial charge on any atom is 0.125 e. The highest BCUT2D eigenvalue weighted by molar-refractivity contribution is 5.42. The van der Waals surface area contributed by atoms with Gasteiger partial charge in [0.15, 0.2) is 0 Å². The number of fused-ring (bicyclic) bond motifs is 1. The number of hydrogen-bond donors (Lipinski definition) is 1. The van der Waals surface area contributed by atoms with Gasteiger partial charge >= 0.3 is 0 Å². The van der Waals surface area contributed by atoms with E-state index in [4.69, 9.17) is 4.74 Å². The van der Waals surface area contributed by atoms with Gasteiger partial charge in [0.1, 0.15) is 18.5 Å². The first kappa shape index (κ1) is 17.0. The summed E-state index contributed by atoms with van der Waals surface area (Å²) in [4.78, 5) is 2.31. The number of rotatable bonds is 5. The first-order valence-electron chi connectivity index (χ1n) is 8.71. The smallest absolute Gasteiger partial charge is 0.125 e. The van der Waals surface area contributed by atoms with Crippen molar-refractivity contribution in [1.29, 1.82) is 0 Å². The van der Waals surface area contributed by atoms with Crippen LogP contribution in [0.15, 0.2) is 36.4 Å². The van der Waals surface area contributed by atoms with Crippen molar-refractivity contribution in [2.45, 2.75) is 39.8 Å². The number of aliphatic hydroxyl groups is 1. The third-order valence-corrected chi connectivity index (χ3v) is 4.70. The molecule has 128 valence electrons. The molecule has 0 bridgehead atoms. The van der Waals surface area contributed by atoms with Crippen LogP contribution in [0.3, 0.4) is 0 Å². The molecule has 0 saturated heterocycles. The highest BCUT2D eigenvalue weighted by Gasteiger charge is 2.19. The van der Waals surface area contributed by atoms with E-state index < -0.39 is 6.10 Å². The molecule has 24 heavy (non-hydrogen) atoms. The molecule has 1 aliphatic heterocycles. The molecule has 1 N–H and O–H groups in total. The first-order chi connectivity index (χ1) is 11.5. The summed E-state index contributed by atoms with van der Waals surface area (Å²) >= 11 is 0. The fourth-order valence-electron chi connectivity index (χ4n) is 3.63. The summed E-state index contributed by atoms with van der Waals surface area (Å²) < 4.78 is 5.92. The second kappa shape index (κ2) is 7.37. The Morgan fingerprint density at radius 1 is 1.08 bits per heavy atom. The lowest BCUT2D eigenvalue weighted by atomic mass is 10.00. The standard InChI is InChI=1S/C21H27NO2/c1-15-10-16(2)21(17(3)11-15)24-14-20(23)13-22-9-8-18-6-4-5-7-19(18)12-22/h4-7,10-11,20,23H,8-9,12-14H2,1-3H3. The first-order valence-corrected chi connectivity index (χ1v) is 8.71. The van der Waals surface area contributed by atoms with Crippen molar-refractivity contribution in [2.75, 3.05) is 19.7 Å². The summed E-state index contributed by atoms with van der Waals surface area (Å²) in [7, 11) is 0. The molecule has 3 rings (SSSR count). The van der Waals surface area contributed by atoms with Crippen LogP contribution in [0.25, 0.3) is 0 Å². The lowest BCUT2D eigenvalue weighted by Gasteiger charge is -2.30. The van der Waals surface area contributed by atoms with Crippen LogP contribution in [0.5, 0.6) is 5.75 Å². The van der Waals surface area contributed by atoms with E-state index in [0.29, 0.717) is 13.2 Å². The second-order valence-electron chi connectivity index (χ2n) is 6.95. The van der Waals surface area contributed by atoms with Gasteiger partial charge in [0, 0.05) is 19.6 Å². The zero-order valence-corrected chi connectivity index (χ0v) is 14.9. The number of β-amino-alcohol motifs (C(OH)–C–C–N with tert-alkyl or cyclic N) is 1. The monoisotopic (exact) mass is 325 g/mol. The van der Waals surface area contributed by atoms with Gasteiger partial charge in [-0.05, 0) is 49.4 Å². The van der Waals surface area contributed by atoms with Crippen molar-refractivity contribution in [1.82, 2.24) is 4.90 Å². The second-order valence-corrected chi connectivity index (χ2v) is 6.95. The van der Waals surface area contributed by atoms with Gasteiger partial charge in [0.25, 0.3) is 0 Å². The van der Waals surface area contributed by atoms with Crippen molar-refractivity contribution in [3.63, 3.8) is 0 Å². The van der Waals surface area contributed by atoms with Crippen LogP contribution in [-0.4, -0.2) is 35.8 Å². The Morgan fingerprint density at radius 3 is 2.46 bits per heavy atom. The van der Waals surface area contributed by atoms with Crippen molar-refractivity contribution in [3.05, 3.63) is 64.2 Å². The van der Waals surface area contributed by atoms with E-state index in [2.05, 4.69) is 62.1 Å². The average molecular weight is 325 g/mol. The summed E-state index contributed by atoms with van der Waals surface area (Å²) in [5.74, 6) is 0.906. The van der Waals surface area contributed by atoms with Crippen LogP contribution < -0.4 is 4.74 Å². The van der Waals surface area contributed by atoms with Crippen molar-refractivity contribution >= 4 is 0 Å². The fourth-order valence-corrected chi connectivity index (χ4v) is 3.63. The Morgan fingerprint density at radius 2 is 1.75 bits per heavy atom. The van der Waals surface area contributed by atoms with Crippen molar-refractivity contribution in [3.8, 4) is 5.75 Å². The predicted octanol–water partition coefficient (Wildman–Crippen LogP) is 3.41. The van der Waals surface area contributed by atoms with E-state index >= 15 is 0 Å². The molecule has 1 heterocycles. The molecule has 0 radical (unpaired) electrons. The highest BCUT2D eigenvalue weighted by Crippen LogP contribution is 2.25. The molecule has 2 aromatic rings. The fraction of sp³-hybridized carbons (Fsp3) is 0.429. The average Bonchev–Trinajstić information content (AvgIpc) is 2.53. The number of hydrogen-bond acceptors (Lipinski definition) is 3. The molecule has 0 amide bonds. The van der Waals surface area contributed by atoms with Gasteiger partial charge in [-0.15, -0.1) is 0 Å². The Balaban J connectivity index is 1.55. The number of nitrogens with zero attached hydrogens (tertiary/aromatic N) is 1. The van der Waals surface area contributed by atoms with E-state index in [1.807, 2.05) is 0 Å². The van der Waals surface area contributed by atoms with Crippen LogP contribution in [0.4, 0.5) is 0 Å². The van der Waals surface area contributed by atoms with Crippen molar-refractivity contribution < 1.29 is 9.84 Å². The van der Waals surface area contributed by atoms with Crippen LogP contribution >= 0.6 is 0 Å². The molecule has 2 aromatic carbocycles. The molecule has 0 saturated carbocycles. The molecule has 0 aliphatic carbocycles. The van der Waals surface area contributed by atoms with E-state index in [0.717, 1.165) is 36.4 Å². The minimum Gasteiger partial charge on any atom is -0.490 e. The number of ether oxygens (including phenoxy) is 1. The predicted molar refractivity (Wildman–Crippen MR) is 97.6 cm³/mol. The third-order valence-electron chi connectivity index (χ3n) is 4.70. The quantitative estimate of drug-likeness (QED) is 0.914. The molecule has 0 spiro atoms.